The number of nitro groups is 1. The molecule has 1 aliphatic carbocycles. The lowest BCUT2D eigenvalue weighted by Gasteiger charge is -2.42. The van der Waals surface area contributed by atoms with Crippen molar-refractivity contribution < 1.29 is 4.92 Å². The Morgan fingerprint density at radius 1 is 1.53 bits per heavy atom. The van der Waals surface area contributed by atoms with Gasteiger partial charge in [0.25, 0.3) is 5.69 Å². The molecule has 0 aliphatic heterocycles. The molecule has 2 rings (SSSR count). The summed E-state index contributed by atoms with van der Waals surface area (Å²) >= 11 is 5.89. The van der Waals surface area contributed by atoms with Gasteiger partial charge >= 0.3 is 0 Å². The average molecular weight is 255 g/mol. The Hall–Kier alpha value is -1.29. The Kier molecular flexibility index (Phi) is 3.24. The maximum atomic E-state index is 10.9. The fraction of sp³-hybridized carbons (Fsp3) is 0.500. The van der Waals surface area contributed by atoms with Crippen LogP contribution in [-0.2, 0) is 0 Å². The minimum Gasteiger partial charge on any atom is -0.374 e. The zero-order chi connectivity index (χ0) is 12.5. The fourth-order valence-corrected chi connectivity index (χ4v) is 2.40. The highest BCUT2D eigenvalue weighted by atomic mass is 35.5. The van der Waals surface area contributed by atoms with Gasteiger partial charge in [-0.3, -0.25) is 10.1 Å². The minimum atomic E-state index is -0.374. The van der Waals surface area contributed by atoms with Gasteiger partial charge in [0.1, 0.15) is 5.69 Å². The molecule has 0 spiro atoms. The first-order valence-electron chi connectivity index (χ1n) is 5.78. The van der Waals surface area contributed by atoms with Crippen LogP contribution in [0.5, 0.6) is 0 Å². The number of hydrogen-bond acceptors (Lipinski definition) is 3. The van der Waals surface area contributed by atoms with E-state index in [-0.39, 0.29) is 16.1 Å². The fourth-order valence-electron chi connectivity index (χ4n) is 2.22. The number of hydrogen-bond donors (Lipinski definition) is 1. The molecule has 0 unspecified atom stereocenters. The molecule has 0 amide bonds. The van der Waals surface area contributed by atoms with Crippen molar-refractivity contribution in [2.45, 2.75) is 38.1 Å². The lowest BCUT2D eigenvalue weighted by Crippen LogP contribution is -2.44. The van der Waals surface area contributed by atoms with E-state index in [0.717, 1.165) is 19.3 Å². The van der Waals surface area contributed by atoms with Crippen molar-refractivity contribution >= 4 is 23.0 Å². The van der Waals surface area contributed by atoms with Crippen LogP contribution in [0.15, 0.2) is 18.2 Å². The van der Waals surface area contributed by atoms with Crippen molar-refractivity contribution in [2.75, 3.05) is 5.32 Å². The van der Waals surface area contributed by atoms with E-state index in [1.165, 1.54) is 12.5 Å². The molecule has 0 aromatic heterocycles. The average Bonchev–Trinajstić information content (AvgIpc) is 2.23. The van der Waals surface area contributed by atoms with Gasteiger partial charge in [-0.05, 0) is 37.8 Å². The van der Waals surface area contributed by atoms with E-state index < -0.39 is 0 Å². The largest absolute Gasteiger partial charge is 0.374 e. The molecular formula is C12H15ClN2O2. The van der Waals surface area contributed by atoms with Gasteiger partial charge in [-0.1, -0.05) is 18.5 Å². The highest BCUT2D eigenvalue weighted by Gasteiger charge is 2.36. The first kappa shape index (κ1) is 12.2. The lowest BCUT2D eigenvalue weighted by atomic mass is 9.74. The van der Waals surface area contributed by atoms with Gasteiger partial charge in [-0.15, -0.1) is 0 Å². The molecule has 1 N–H and O–H groups in total. The summed E-state index contributed by atoms with van der Waals surface area (Å²) in [5.74, 6) is 0. The molecule has 0 radical (unpaired) electrons. The third-order valence-electron chi connectivity index (χ3n) is 3.54. The van der Waals surface area contributed by atoms with E-state index in [1.54, 1.807) is 12.1 Å². The Bertz CT molecular complexity index is 439. The van der Waals surface area contributed by atoms with Crippen molar-refractivity contribution in [2.24, 2.45) is 0 Å². The summed E-state index contributed by atoms with van der Waals surface area (Å²) in [5.41, 5.74) is 0.647. The Morgan fingerprint density at radius 2 is 2.24 bits per heavy atom. The first-order chi connectivity index (χ1) is 8.06. The first-order valence-corrected chi connectivity index (χ1v) is 6.16. The maximum Gasteiger partial charge on any atom is 0.292 e. The van der Waals surface area contributed by atoms with Gasteiger partial charge in [0.05, 0.1) is 4.92 Å². The molecule has 0 saturated heterocycles. The molecule has 1 aromatic carbocycles. The smallest absolute Gasteiger partial charge is 0.292 e. The number of nitrogens with zero attached hydrogens (tertiary/aromatic N) is 1. The van der Waals surface area contributed by atoms with Gasteiger partial charge in [0.15, 0.2) is 0 Å². The summed E-state index contributed by atoms with van der Waals surface area (Å²) in [5, 5.41) is 14.8. The summed E-state index contributed by atoms with van der Waals surface area (Å²) in [7, 11) is 0. The second kappa shape index (κ2) is 4.53. The quantitative estimate of drug-likeness (QED) is 0.653. The Labute approximate surface area is 105 Å². The lowest BCUT2D eigenvalue weighted by molar-refractivity contribution is -0.384. The van der Waals surface area contributed by atoms with E-state index in [0.29, 0.717) is 10.7 Å². The van der Waals surface area contributed by atoms with Crippen LogP contribution in [0.1, 0.15) is 32.6 Å². The van der Waals surface area contributed by atoms with Crippen LogP contribution in [0.2, 0.25) is 5.02 Å². The van der Waals surface area contributed by atoms with Crippen LogP contribution in [0.25, 0.3) is 0 Å². The SMILES string of the molecule is CCC1(Nc2cc(Cl)ccc2[N+](=O)[O-])CCC1. The summed E-state index contributed by atoms with van der Waals surface area (Å²) in [4.78, 5) is 10.6. The predicted molar refractivity (Wildman–Crippen MR) is 68.6 cm³/mol. The predicted octanol–water partition coefficient (Wildman–Crippen LogP) is 3.99. The van der Waals surface area contributed by atoms with Gasteiger partial charge in [0, 0.05) is 16.6 Å². The molecular weight excluding hydrogens is 240 g/mol. The molecule has 0 bridgehead atoms. The van der Waals surface area contributed by atoms with Crippen LogP contribution in [0.3, 0.4) is 0 Å². The zero-order valence-corrected chi connectivity index (χ0v) is 10.5. The maximum absolute atomic E-state index is 10.9. The number of halogens is 1. The molecule has 1 aliphatic rings. The van der Waals surface area contributed by atoms with E-state index in [1.807, 2.05) is 0 Å². The number of rotatable bonds is 4. The standard InChI is InChI=1S/C12H15ClN2O2/c1-2-12(6-3-7-12)14-10-8-9(13)4-5-11(10)15(16)17/h4-5,8,14H,2-3,6-7H2,1H3. The molecule has 0 heterocycles. The van der Waals surface area contributed by atoms with E-state index in [4.69, 9.17) is 11.6 Å². The van der Waals surface area contributed by atoms with Gasteiger partial charge in [-0.25, -0.2) is 0 Å². The number of anilines is 1. The van der Waals surface area contributed by atoms with Crippen LogP contribution < -0.4 is 5.32 Å². The Morgan fingerprint density at radius 3 is 2.71 bits per heavy atom. The van der Waals surface area contributed by atoms with Crippen molar-refractivity contribution in [3.63, 3.8) is 0 Å². The highest BCUT2D eigenvalue weighted by molar-refractivity contribution is 6.31. The molecule has 1 fully saturated rings. The summed E-state index contributed by atoms with van der Waals surface area (Å²) in [6.07, 6.45) is 4.27. The summed E-state index contributed by atoms with van der Waals surface area (Å²) in [6, 6.07) is 4.63. The molecule has 4 nitrogen and oxygen atoms in total. The van der Waals surface area contributed by atoms with Crippen molar-refractivity contribution in [3.8, 4) is 0 Å². The second-order valence-electron chi connectivity index (χ2n) is 4.53. The molecule has 17 heavy (non-hydrogen) atoms. The number of benzene rings is 1. The monoisotopic (exact) mass is 254 g/mol. The topological polar surface area (TPSA) is 55.2 Å². The second-order valence-corrected chi connectivity index (χ2v) is 4.97. The number of nitrogens with one attached hydrogen (secondary N) is 1. The highest BCUT2D eigenvalue weighted by Crippen LogP contribution is 2.40. The third-order valence-corrected chi connectivity index (χ3v) is 3.78. The van der Waals surface area contributed by atoms with E-state index >= 15 is 0 Å². The van der Waals surface area contributed by atoms with Crippen LogP contribution in [0.4, 0.5) is 11.4 Å². The molecule has 1 saturated carbocycles. The van der Waals surface area contributed by atoms with Gasteiger partial charge in [0.2, 0.25) is 0 Å². The van der Waals surface area contributed by atoms with Gasteiger partial charge < -0.3 is 5.32 Å². The minimum absolute atomic E-state index is 0.0233. The third kappa shape index (κ3) is 2.36. The van der Waals surface area contributed by atoms with E-state index in [2.05, 4.69) is 12.2 Å². The van der Waals surface area contributed by atoms with Crippen LogP contribution in [0, 0.1) is 10.1 Å². The normalized spacial score (nSPS) is 17.3. The molecule has 0 atom stereocenters. The molecule has 92 valence electrons. The van der Waals surface area contributed by atoms with Crippen molar-refractivity contribution in [1.82, 2.24) is 0 Å². The molecule has 1 aromatic rings. The summed E-state index contributed by atoms with van der Waals surface area (Å²) < 4.78 is 0. The van der Waals surface area contributed by atoms with Gasteiger partial charge in [-0.2, -0.15) is 0 Å². The van der Waals surface area contributed by atoms with Crippen LogP contribution in [-0.4, -0.2) is 10.5 Å². The number of nitro benzene ring substituents is 1. The van der Waals surface area contributed by atoms with Crippen molar-refractivity contribution in [3.05, 3.63) is 33.3 Å². The van der Waals surface area contributed by atoms with E-state index in [9.17, 15) is 10.1 Å². The van der Waals surface area contributed by atoms with Crippen molar-refractivity contribution in [1.29, 1.82) is 0 Å². The van der Waals surface area contributed by atoms with Crippen LogP contribution >= 0.6 is 11.6 Å². The molecule has 5 heteroatoms. The Balaban J connectivity index is 2.30. The summed E-state index contributed by atoms with van der Waals surface area (Å²) in [6.45, 7) is 2.10. The zero-order valence-electron chi connectivity index (χ0n) is 9.70.